The van der Waals surface area contributed by atoms with Crippen LogP contribution in [-0.4, -0.2) is 24.7 Å². The first-order valence-electron chi connectivity index (χ1n) is 4.66. The first-order valence-corrected chi connectivity index (χ1v) is 6.16. The molecule has 5 nitrogen and oxygen atoms in total. The molecule has 0 bridgehead atoms. The van der Waals surface area contributed by atoms with E-state index in [2.05, 4.69) is 0 Å². The maximum absolute atomic E-state index is 10.9. The van der Waals surface area contributed by atoms with Crippen LogP contribution in [0.5, 0.6) is 5.75 Å². The Morgan fingerprint density at radius 3 is 2.53 bits per heavy atom. The molecule has 0 aliphatic heterocycles. The van der Waals surface area contributed by atoms with Crippen molar-refractivity contribution in [3.8, 4) is 5.75 Å². The molecule has 7 heteroatoms. The topological polar surface area (TPSA) is 80.7 Å². The number of hydrogen-bond acceptors (Lipinski definition) is 4. The zero-order valence-electron chi connectivity index (χ0n) is 10.7. The molecular weight excluding hydrogens is 255 g/mol. The van der Waals surface area contributed by atoms with E-state index in [0.717, 1.165) is 0 Å². The molecular formula is C10H13NaO5S. The summed E-state index contributed by atoms with van der Waals surface area (Å²) in [5.74, 6) is 0.141. The summed E-state index contributed by atoms with van der Waals surface area (Å²) >= 11 is 0. The van der Waals surface area contributed by atoms with Crippen molar-refractivity contribution in [1.82, 2.24) is 0 Å². The molecule has 90 valence electrons. The minimum Gasteiger partial charge on any atom is -1.00 e. The number of rotatable bonds is 5. The van der Waals surface area contributed by atoms with Gasteiger partial charge in [0.25, 0.3) is 0 Å². The molecule has 0 saturated carbocycles. The summed E-state index contributed by atoms with van der Waals surface area (Å²) in [6.45, 7) is 1.56. The van der Waals surface area contributed by atoms with Crippen LogP contribution in [0, 0.1) is 0 Å². The molecule has 1 aromatic rings. The van der Waals surface area contributed by atoms with Gasteiger partial charge in [-0.15, -0.1) is 0 Å². The molecule has 1 unspecified atom stereocenters. The van der Waals surface area contributed by atoms with E-state index in [9.17, 15) is 13.2 Å². The van der Waals surface area contributed by atoms with Crippen LogP contribution in [0.4, 0.5) is 0 Å². The molecule has 0 aliphatic carbocycles. The molecule has 0 saturated heterocycles. The normalized spacial score (nSPS) is 12.4. The number of carbonyl (C=O) groups excluding carboxylic acids is 1. The van der Waals surface area contributed by atoms with Crippen molar-refractivity contribution >= 4 is 16.4 Å². The van der Waals surface area contributed by atoms with E-state index < -0.39 is 15.6 Å². The Morgan fingerprint density at radius 1 is 1.47 bits per heavy atom. The van der Waals surface area contributed by atoms with Gasteiger partial charge in [0.2, 0.25) is 5.44 Å². The Labute approximate surface area is 124 Å². The third kappa shape index (κ3) is 4.77. The predicted molar refractivity (Wildman–Crippen MR) is 59.2 cm³/mol. The van der Waals surface area contributed by atoms with Gasteiger partial charge in [0.15, 0.2) is 6.29 Å². The predicted octanol–water partition coefficient (Wildman–Crippen LogP) is -1.38. The van der Waals surface area contributed by atoms with Gasteiger partial charge in [0.1, 0.15) is 5.75 Å². The van der Waals surface area contributed by atoms with Crippen LogP contribution in [0.25, 0.3) is 0 Å². The Hall–Kier alpha value is -0.400. The third-order valence-electron chi connectivity index (χ3n) is 1.97. The van der Waals surface area contributed by atoms with Crippen molar-refractivity contribution in [3.05, 3.63) is 29.8 Å². The molecule has 1 rings (SSSR count). The summed E-state index contributed by atoms with van der Waals surface area (Å²) in [4.78, 5) is 10.7. The van der Waals surface area contributed by atoms with Crippen molar-refractivity contribution < 1.29 is 53.5 Å². The summed E-state index contributed by atoms with van der Waals surface area (Å²) in [5.41, 5.74) is -1.11. The minimum atomic E-state index is -4.28. The van der Waals surface area contributed by atoms with E-state index in [0.29, 0.717) is 6.29 Å². The molecule has 1 atom stereocenters. The largest absolute Gasteiger partial charge is 1.00 e. The standard InChI is InChI=1S/C10H12O5S.Na.H/c1-2-10(16(12,13)14)15-9-6-4-3-5-8(9)7-11;;/h3-7,10H,2H2,1H3,(H,12,13,14);;/q;+1;-1. The fourth-order valence-electron chi connectivity index (χ4n) is 1.18. The van der Waals surface area contributed by atoms with E-state index in [4.69, 9.17) is 9.29 Å². The average molecular weight is 268 g/mol. The van der Waals surface area contributed by atoms with Crippen LogP contribution < -0.4 is 34.3 Å². The molecule has 0 heterocycles. The Kier molecular flexibility index (Phi) is 6.96. The molecule has 17 heavy (non-hydrogen) atoms. The molecule has 1 N–H and O–H groups in total. The van der Waals surface area contributed by atoms with E-state index >= 15 is 0 Å². The first-order chi connectivity index (χ1) is 7.49. The molecule has 0 amide bonds. The fraction of sp³-hybridized carbons (Fsp3) is 0.300. The summed E-state index contributed by atoms with van der Waals surface area (Å²) in [5, 5.41) is 0. The van der Waals surface area contributed by atoms with Crippen molar-refractivity contribution in [2.45, 2.75) is 18.8 Å². The number of para-hydroxylation sites is 1. The smallest absolute Gasteiger partial charge is 1.00 e. The van der Waals surface area contributed by atoms with E-state index in [-0.39, 0.29) is 48.7 Å². The van der Waals surface area contributed by atoms with Crippen molar-refractivity contribution in [1.29, 1.82) is 0 Å². The SMILES string of the molecule is CCC(Oc1ccccc1C=O)S(=O)(=O)O.[H-].[Na+]. The Bertz CT molecular complexity index is 477. The van der Waals surface area contributed by atoms with Crippen LogP contribution in [0.15, 0.2) is 24.3 Å². The second-order valence-corrected chi connectivity index (χ2v) is 4.68. The van der Waals surface area contributed by atoms with Gasteiger partial charge in [0.05, 0.1) is 5.56 Å². The molecule has 0 spiro atoms. The fourth-order valence-corrected chi connectivity index (χ4v) is 1.83. The third-order valence-corrected chi connectivity index (χ3v) is 3.06. The zero-order valence-corrected chi connectivity index (χ0v) is 12.5. The summed E-state index contributed by atoms with van der Waals surface area (Å²) in [6.07, 6.45) is 0.651. The van der Waals surface area contributed by atoms with Crippen molar-refractivity contribution in [2.24, 2.45) is 0 Å². The number of carbonyl (C=O) groups is 1. The Balaban J connectivity index is 0. The number of ether oxygens (including phenoxy) is 1. The number of benzene rings is 1. The molecule has 1 aromatic carbocycles. The number of aldehydes is 1. The van der Waals surface area contributed by atoms with E-state index in [1.165, 1.54) is 12.1 Å². The van der Waals surface area contributed by atoms with Gasteiger partial charge in [-0.05, 0) is 18.6 Å². The van der Waals surface area contributed by atoms with Crippen LogP contribution in [0.1, 0.15) is 25.1 Å². The van der Waals surface area contributed by atoms with Crippen LogP contribution in [0.2, 0.25) is 0 Å². The monoisotopic (exact) mass is 268 g/mol. The van der Waals surface area contributed by atoms with Crippen LogP contribution in [-0.2, 0) is 10.1 Å². The summed E-state index contributed by atoms with van der Waals surface area (Å²) < 4.78 is 35.8. The Morgan fingerprint density at radius 2 is 2.06 bits per heavy atom. The molecule has 0 fully saturated rings. The number of hydrogen-bond donors (Lipinski definition) is 1. The maximum Gasteiger partial charge on any atom is 1.00 e. The quantitative estimate of drug-likeness (QED) is 0.404. The minimum absolute atomic E-state index is 0. The van der Waals surface area contributed by atoms with E-state index in [1.807, 2.05) is 0 Å². The molecule has 0 aromatic heterocycles. The molecule has 0 aliphatic rings. The van der Waals surface area contributed by atoms with Gasteiger partial charge in [-0.1, -0.05) is 19.1 Å². The first kappa shape index (κ1) is 16.6. The maximum atomic E-state index is 10.9. The van der Waals surface area contributed by atoms with Crippen molar-refractivity contribution in [3.63, 3.8) is 0 Å². The zero-order chi connectivity index (χ0) is 12.2. The summed E-state index contributed by atoms with van der Waals surface area (Å²) in [7, 11) is -4.28. The second kappa shape index (κ2) is 7.13. The van der Waals surface area contributed by atoms with Crippen molar-refractivity contribution in [2.75, 3.05) is 0 Å². The van der Waals surface area contributed by atoms with E-state index in [1.54, 1.807) is 19.1 Å². The van der Waals surface area contributed by atoms with Gasteiger partial charge in [-0.3, -0.25) is 9.35 Å². The van der Waals surface area contributed by atoms with Gasteiger partial charge in [0, 0.05) is 0 Å². The molecule has 0 radical (unpaired) electrons. The summed E-state index contributed by atoms with van der Waals surface area (Å²) in [6, 6.07) is 6.21. The van der Waals surface area contributed by atoms with Gasteiger partial charge >= 0.3 is 39.7 Å². The second-order valence-electron chi connectivity index (χ2n) is 3.13. The van der Waals surface area contributed by atoms with Gasteiger partial charge < -0.3 is 6.16 Å². The van der Waals surface area contributed by atoms with Crippen LogP contribution in [0.3, 0.4) is 0 Å². The average Bonchev–Trinajstić information content (AvgIpc) is 2.24. The van der Waals surface area contributed by atoms with Crippen LogP contribution >= 0.6 is 0 Å². The van der Waals surface area contributed by atoms with Gasteiger partial charge in [-0.2, -0.15) is 8.42 Å². The van der Waals surface area contributed by atoms with Gasteiger partial charge in [-0.25, -0.2) is 0 Å².